The lowest BCUT2D eigenvalue weighted by Gasteiger charge is -2.10. The van der Waals surface area contributed by atoms with Crippen LogP contribution in [0.5, 0.6) is 5.75 Å². The maximum atomic E-state index is 12.4. The highest BCUT2D eigenvalue weighted by Gasteiger charge is 2.28. The number of anilines is 1. The van der Waals surface area contributed by atoms with Crippen molar-refractivity contribution in [3.63, 3.8) is 0 Å². The zero-order chi connectivity index (χ0) is 18.0. The number of hydrogen-bond donors (Lipinski definition) is 2. The Balaban J connectivity index is 1.61. The number of aryl methyl sites for hydroxylation is 1. The van der Waals surface area contributed by atoms with Crippen LogP contribution in [0.15, 0.2) is 47.4 Å². The molecule has 0 bridgehead atoms. The number of carbonyl (C=O) groups is 1. The van der Waals surface area contributed by atoms with Crippen LogP contribution in [0.1, 0.15) is 24.0 Å². The fraction of sp³-hybridized carbons (Fsp3) is 0.278. The maximum Gasteiger partial charge on any atom is 0.240 e. The van der Waals surface area contributed by atoms with Crippen LogP contribution in [0.25, 0.3) is 0 Å². The Hall–Kier alpha value is -2.38. The van der Waals surface area contributed by atoms with Crippen molar-refractivity contribution in [3.8, 4) is 5.75 Å². The van der Waals surface area contributed by atoms with Crippen molar-refractivity contribution in [2.75, 3.05) is 18.5 Å². The monoisotopic (exact) mass is 360 g/mol. The third-order valence-corrected chi connectivity index (χ3v) is 5.59. The molecule has 7 heteroatoms. The van der Waals surface area contributed by atoms with E-state index in [1.165, 1.54) is 6.07 Å². The van der Waals surface area contributed by atoms with Gasteiger partial charge in [-0.2, -0.15) is 0 Å². The molecule has 0 spiro atoms. The molecule has 2 aromatic rings. The van der Waals surface area contributed by atoms with E-state index in [1.54, 1.807) is 19.1 Å². The third kappa shape index (κ3) is 3.83. The second kappa shape index (κ2) is 6.85. The largest absolute Gasteiger partial charge is 0.492 e. The van der Waals surface area contributed by atoms with Crippen molar-refractivity contribution in [1.82, 2.24) is 4.72 Å². The van der Waals surface area contributed by atoms with E-state index in [9.17, 15) is 13.2 Å². The second-order valence-corrected chi connectivity index (χ2v) is 7.79. The summed E-state index contributed by atoms with van der Waals surface area (Å²) in [6.45, 7) is 4.11. The van der Waals surface area contributed by atoms with Gasteiger partial charge in [0.05, 0.1) is 10.8 Å². The molecule has 1 atom stereocenters. The summed E-state index contributed by atoms with van der Waals surface area (Å²) in [5.41, 5.74) is 2.50. The molecule has 1 aliphatic heterocycles. The molecule has 2 aromatic carbocycles. The number of fused-ring (bicyclic) bond motifs is 1. The lowest BCUT2D eigenvalue weighted by atomic mass is 10.0. The quantitative estimate of drug-likeness (QED) is 0.775. The second-order valence-electron chi connectivity index (χ2n) is 6.02. The first kappa shape index (κ1) is 17.4. The average Bonchev–Trinajstić information content (AvgIpc) is 2.87. The Morgan fingerprint density at radius 2 is 1.88 bits per heavy atom. The molecule has 2 N–H and O–H groups in total. The van der Waals surface area contributed by atoms with Gasteiger partial charge in [0.2, 0.25) is 15.9 Å². The van der Waals surface area contributed by atoms with Gasteiger partial charge in [0, 0.05) is 12.2 Å². The van der Waals surface area contributed by atoms with Gasteiger partial charge >= 0.3 is 0 Å². The topological polar surface area (TPSA) is 84.5 Å². The first-order valence-corrected chi connectivity index (χ1v) is 9.49. The first-order valence-electron chi connectivity index (χ1n) is 8.01. The van der Waals surface area contributed by atoms with Crippen molar-refractivity contribution in [3.05, 3.63) is 53.6 Å². The molecule has 132 valence electrons. The van der Waals surface area contributed by atoms with Crippen LogP contribution >= 0.6 is 0 Å². The van der Waals surface area contributed by atoms with E-state index in [1.807, 2.05) is 31.2 Å². The fourth-order valence-corrected chi connectivity index (χ4v) is 3.67. The molecule has 0 aromatic heterocycles. The van der Waals surface area contributed by atoms with Gasteiger partial charge in [-0.25, -0.2) is 13.1 Å². The first-order chi connectivity index (χ1) is 11.9. The SMILES string of the molecule is Cc1ccc(OCCNS(=O)(=O)c2ccc3c(c2)[C@H](C)C(=O)N3)cc1. The number of rotatable bonds is 6. The molecule has 0 aliphatic carbocycles. The molecule has 0 fully saturated rings. The van der Waals surface area contributed by atoms with E-state index in [0.717, 1.165) is 5.56 Å². The van der Waals surface area contributed by atoms with E-state index in [2.05, 4.69) is 10.0 Å². The Morgan fingerprint density at radius 3 is 2.60 bits per heavy atom. The Morgan fingerprint density at radius 1 is 1.16 bits per heavy atom. The predicted octanol–water partition coefficient (Wildman–Crippen LogP) is 2.41. The van der Waals surface area contributed by atoms with Gasteiger partial charge in [0.25, 0.3) is 0 Å². The number of ether oxygens (including phenoxy) is 1. The summed E-state index contributed by atoms with van der Waals surface area (Å²) in [5, 5.41) is 2.73. The van der Waals surface area contributed by atoms with Gasteiger partial charge < -0.3 is 10.1 Å². The zero-order valence-corrected chi connectivity index (χ0v) is 14.9. The minimum absolute atomic E-state index is 0.121. The molecule has 3 rings (SSSR count). The molecule has 0 saturated heterocycles. The molecule has 1 amide bonds. The predicted molar refractivity (Wildman–Crippen MR) is 95.3 cm³/mol. The van der Waals surface area contributed by atoms with Crippen molar-refractivity contribution < 1.29 is 17.9 Å². The molecule has 0 saturated carbocycles. The summed E-state index contributed by atoms with van der Waals surface area (Å²) in [5.74, 6) is 0.222. The number of nitrogens with one attached hydrogen (secondary N) is 2. The average molecular weight is 360 g/mol. The van der Waals surface area contributed by atoms with Crippen molar-refractivity contribution in [2.24, 2.45) is 0 Å². The normalized spacial score (nSPS) is 16.4. The Labute approximate surface area is 147 Å². The van der Waals surface area contributed by atoms with Gasteiger partial charge in [0.15, 0.2) is 0 Å². The summed E-state index contributed by atoms with van der Waals surface area (Å²) in [6, 6.07) is 12.2. The van der Waals surface area contributed by atoms with E-state index < -0.39 is 10.0 Å². The van der Waals surface area contributed by atoms with Crippen molar-refractivity contribution in [1.29, 1.82) is 0 Å². The van der Waals surface area contributed by atoms with Crippen LogP contribution < -0.4 is 14.8 Å². The molecule has 0 unspecified atom stereocenters. The summed E-state index contributed by atoms with van der Waals surface area (Å²) >= 11 is 0. The van der Waals surface area contributed by atoms with E-state index in [-0.39, 0.29) is 29.9 Å². The number of carbonyl (C=O) groups excluding carboxylic acids is 1. The molecule has 1 heterocycles. The summed E-state index contributed by atoms with van der Waals surface area (Å²) in [6.07, 6.45) is 0. The molecule has 1 aliphatic rings. The van der Waals surface area contributed by atoms with Gasteiger partial charge in [-0.15, -0.1) is 0 Å². The minimum atomic E-state index is -3.65. The Kier molecular flexibility index (Phi) is 4.78. The number of hydrogen-bond acceptors (Lipinski definition) is 4. The molecule has 0 radical (unpaired) electrons. The highest BCUT2D eigenvalue weighted by Crippen LogP contribution is 2.33. The highest BCUT2D eigenvalue weighted by atomic mass is 32.2. The standard InChI is InChI=1S/C18H20N2O4S/c1-12-3-5-14(6-4-12)24-10-9-19-25(22,23)15-7-8-17-16(11-15)13(2)18(21)20-17/h3-8,11,13,19H,9-10H2,1-2H3,(H,20,21)/t13-/m0/s1. The van der Waals surface area contributed by atoms with E-state index in [4.69, 9.17) is 4.74 Å². The smallest absolute Gasteiger partial charge is 0.240 e. The maximum absolute atomic E-state index is 12.4. The lowest BCUT2D eigenvalue weighted by Crippen LogP contribution is -2.28. The number of benzene rings is 2. The summed E-state index contributed by atoms with van der Waals surface area (Å²) < 4.78 is 32.8. The summed E-state index contributed by atoms with van der Waals surface area (Å²) in [4.78, 5) is 11.8. The zero-order valence-electron chi connectivity index (χ0n) is 14.1. The molecular weight excluding hydrogens is 340 g/mol. The van der Waals surface area contributed by atoms with Gasteiger partial charge in [-0.05, 0) is 49.7 Å². The number of sulfonamides is 1. The summed E-state index contributed by atoms with van der Waals surface area (Å²) in [7, 11) is -3.65. The van der Waals surface area contributed by atoms with Gasteiger partial charge in [0.1, 0.15) is 12.4 Å². The highest BCUT2D eigenvalue weighted by molar-refractivity contribution is 7.89. The van der Waals surface area contributed by atoms with Gasteiger partial charge in [-0.3, -0.25) is 4.79 Å². The van der Waals surface area contributed by atoms with Crippen LogP contribution in [0, 0.1) is 6.92 Å². The van der Waals surface area contributed by atoms with Crippen LogP contribution in [-0.4, -0.2) is 27.5 Å². The lowest BCUT2D eigenvalue weighted by molar-refractivity contribution is -0.116. The van der Waals surface area contributed by atoms with Crippen LogP contribution in [0.2, 0.25) is 0 Å². The minimum Gasteiger partial charge on any atom is -0.492 e. The molecular formula is C18H20N2O4S. The fourth-order valence-electron chi connectivity index (χ4n) is 2.63. The Bertz CT molecular complexity index is 892. The van der Waals surface area contributed by atoms with Crippen LogP contribution in [0.3, 0.4) is 0 Å². The van der Waals surface area contributed by atoms with E-state index in [0.29, 0.717) is 17.0 Å². The van der Waals surface area contributed by atoms with Crippen molar-refractivity contribution in [2.45, 2.75) is 24.7 Å². The van der Waals surface area contributed by atoms with Crippen molar-refractivity contribution >= 4 is 21.6 Å². The molecule has 6 nitrogen and oxygen atoms in total. The molecule has 25 heavy (non-hydrogen) atoms. The third-order valence-electron chi connectivity index (χ3n) is 4.13. The number of amides is 1. The van der Waals surface area contributed by atoms with E-state index >= 15 is 0 Å². The van der Waals surface area contributed by atoms with Crippen LogP contribution in [0.4, 0.5) is 5.69 Å². The van der Waals surface area contributed by atoms with Gasteiger partial charge in [-0.1, -0.05) is 17.7 Å². The van der Waals surface area contributed by atoms with Crippen LogP contribution in [-0.2, 0) is 14.8 Å².